The van der Waals surface area contributed by atoms with Gasteiger partial charge in [0.15, 0.2) is 0 Å². The number of hydrogen-bond acceptors (Lipinski definition) is 5. The molecule has 23 heavy (non-hydrogen) atoms. The zero-order valence-electron chi connectivity index (χ0n) is 16.3. The number of hydrogen-bond donors (Lipinski definition) is 1. The van der Waals surface area contributed by atoms with Gasteiger partial charge in [-0.25, -0.2) is 0 Å². The predicted molar refractivity (Wildman–Crippen MR) is 104 cm³/mol. The Balaban J connectivity index is 2.19. The van der Waals surface area contributed by atoms with Crippen LogP contribution < -0.4 is 5.32 Å². The molecule has 138 valence electrons. The highest BCUT2D eigenvalue weighted by Gasteiger charge is 2.30. The first-order chi connectivity index (χ1) is 10.8. The average molecular weight is 362 g/mol. The van der Waals surface area contributed by atoms with E-state index in [0.717, 1.165) is 45.3 Å². The van der Waals surface area contributed by atoms with Gasteiger partial charge >= 0.3 is 8.56 Å². The van der Waals surface area contributed by atoms with Crippen LogP contribution >= 0.6 is 0 Å². The second-order valence-electron chi connectivity index (χ2n) is 7.83. The van der Waals surface area contributed by atoms with E-state index in [9.17, 15) is 0 Å². The normalized spacial score (nSPS) is 20.0. The second kappa shape index (κ2) is 10.3. The van der Waals surface area contributed by atoms with Gasteiger partial charge in [0, 0.05) is 46.4 Å². The van der Waals surface area contributed by atoms with Crippen molar-refractivity contribution in [3.8, 4) is 0 Å². The van der Waals surface area contributed by atoms with Gasteiger partial charge in [-0.3, -0.25) is 0 Å². The van der Waals surface area contributed by atoms with Crippen molar-refractivity contribution in [3.05, 3.63) is 0 Å². The third-order valence-corrected chi connectivity index (χ3v) is 10.4. The lowest BCUT2D eigenvalue weighted by molar-refractivity contribution is 0.176. The third kappa shape index (κ3) is 8.76. The summed E-state index contributed by atoms with van der Waals surface area (Å²) in [5.41, 5.74) is 0. The van der Waals surface area contributed by atoms with E-state index in [1.807, 2.05) is 7.11 Å². The van der Waals surface area contributed by atoms with Crippen LogP contribution in [0.4, 0.5) is 0 Å². The van der Waals surface area contributed by atoms with Crippen LogP contribution in [-0.4, -0.2) is 86.3 Å². The van der Waals surface area contributed by atoms with Crippen molar-refractivity contribution in [2.45, 2.75) is 45.1 Å². The molecule has 1 unspecified atom stereocenters. The minimum Gasteiger partial charge on any atom is -0.398 e. The quantitative estimate of drug-likeness (QED) is 0.451. The standard InChI is InChI=1S/C16H39N3O2Si2/c1-18(22(3,4)5)11-8-16-23(6,20-2)21-15-7-12-19-13-9-17-10-14-19/h17H,7-16H2,1-6H3. The average Bonchev–Trinajstić information content (AvgIpc) is 2.51. The molecule has 5 nitrogen and oxygen atoms in total. The zero-order valence-corrected chi connectivity index (χ0v) is 18.3. The largest absolute Gasteiger partial charge is 0.398 e. The molecular formula is C16H39N3O2Si2. The molecule has 1 atom stereocenters. The summed E-state index contributed by atoms with van der Waals surface area (Å²) in [7, 11) is 0.941. The number of piperazine rings is 1. The topological polar surface area (TPSA) is 37.0 Å². The Kier molecular flexibility index (Phi) is 9.51. The van der Waals surface area contributed by atoms with E-state index in [-0.39, 0.29) is 0 Å². The van der Waals surface area contributed by atoms with Gasteiger partial charge in [0.25, 0.3) is 0 Å². The molecule has 0 aromatic carbocycles. The van der Waals surface area contributed by atoms with Crippen LogP contribution in [0, 0.1) is 0 Å². The number of nitrogens with zero attached hydrogens (tertiary/aromatic N) is 2. The van der Waals surface area contributed by atoms with E-state index >= 15 is 0 Å². The van der Waals surface area contributed by atoms with Gasteiger partial charge in [0.2, 0.25) is 0 Å². The summed E-state index contributed by atoms with van der Waals surface area (Å²) < 4.78 is 14.5. The fraction of sp³-hybridized carbons (Fsp3) is 1.00. The lowest BCUT2D eigenvalue weighted by Gasteiger charge is -2.32. The highest BCUT2D eigenvalue weighted by Crippen LogP contribution is 2.17. The number of nitrogens with one attached hydrogen (secondary N) is 1. The molecule has 0 aromatic heterocycles. The van der Waals surface area contributed by atoms with Gasteiger partial charge in [-0.1, -0.05) is 19.6 Å². The smallest absolute Gasteiger partial charge is 0.334 e. The maximum atomic E-state index is 6.20. The van der Waals surface area contributed by atoms with Crippen LogP contribution in [0.2, 0.25) is 32.2 Å². The van der Waals surface area contributed by atoms with Crippen molar-refractivity contribution in [1.82, 2.24) is 14.8 Å². The van der Waals surface area contributed by atoms with E-state index in [0.29, 0.717) is 0 Å². The number of rotatable bonds is 11. The van der Waals surface area contributed by atoms with E-state index < -0.39 is 16.8 Å². The van der Waals surface area contributed by atoms with Crippen LogP contribution in [0.25, 0.3) is 0 Å². The van der Waals surface area contributed by atoms with E-state index in [2.05, 4.69) is 48.0 Å². The van der Waals surface area contributed by atoms with Crippen LogP contribution in [0.5, 0.6) is 0 Å². The van der Waals surface area contributed by atoms with Gasteiger partial charge in [-0.15, -0.1) is 0 Å². The Morgan fingerprint density at radius 2 is 1.74 bits per heavy atom. The molecule has 0 aromatic rings. The van der Waals surface area contributed by atoms with Gasteiger partial charge in [0.1, 0.15) is 8.24 Å². The van der Waals surface area contributed by atoms with Crippen molar-refractivity contribution in [2.24, 2.45) is 0 Å². The molecule has 0 radical (unpaired) electrons. The van der Waals surface area contributed by atoms with Crippen molar-refractivity contribution < 1.29 is 8.85 Å². The first kappa shape index (κ1) is 21.3. The molecule has 0 saturated carbocycles. The lowest BCUT2D eigenvalue weighted by atomic mass is 10.3. The summed E-state index contributed by atoms with van der Waals surface area (Å²) in [4.78, 5) is 2.52. The monoisotopic (exact) mass is 361 g/mol. The molecule has 0 aliphatic carbocycles. The first-order valence-electron chi connectivity index (χ1n) is 9.10. The Morgan fingerprint density at radius 3 is 2.30 bits per heavy atom. The maximum Gasteiger partial charge on any atom is 0.334 e. The summed E-state index contributed by atoms with van der Waals surface area (Å²) >= 11 is 0. The van der Waals surface area contributed by atoms with Crippen molar-refractivity contribution in [3.63, 3.8) is 0 Å². The maximum absolute atomic E-state index is 6.20. The fourth-order valence-corrected chi connectivity index (χ4v) is 5.39. The Hall–Kier alpha value is 0.234. The van der Waals surface area contributed by atoms with Crippen molar-refractivity contribution >= 4 is 16.8 Å². The van der Waals surface area contributed by atoms with Crippen LogP contribution in [0.15, 0.2) is 0 Å². The van der Waals surface area contributed by atoms with Gasteiger partial charge in [0.05, 0.1) is 0 Å². The molecule has 0 bridgehead atoms. The minimum absolute atomic E-state index is 0.838. The third-order valence-electron chi connectivity index (χ3n) is 4.94. The molecule has 1 heterocycles. The SMILES string of the molecule is CO[Si](C)(CCCN(C)[Si](C)(C)C)OCCCN1CCNCC1. The summed E-state index contributed by atoms with van der Waals surface area (Å²) in [6.45, 7) is 17.1. The first-order valence-corrected chi connectivity index (χ1v) is 15.1. The summed E-state index contributed by atoms with van der Waals surface area (Å²) in [6, 6.07) is 1.09. The van der Waals surface area contributed by atoms with E-state index in [4.69, 9.17) is 8.85 Å². The Bertz CT molecular complexity index is 323. The molecule has 7 heteroatoms. The van der Waals surface area contributed by atoms with Gasteiger partial charge < -0.3 is 23.6 Å². The fourth-order valence-electron chi connectivity index (χ4n) is 2.72. The molecule has 1 N–H and O–H groups in total. The zero-order chi connectivity index (χ0) is 17.3. The molecule has 1 saturated heterocycles. The van der Waals surface area contributed by atoms with Gasteiger partial charge in [-0.05, 0) is 39.0 Å². The van der Waals surface area contributed by atoms with Crippen LogP contribution in [-0.2, 0) is 8.85 Å². The highest BCUT2D eigenvalue weighted by atomic mass is 28.4. The predicted octanol–water partition coefficient (Wildman–Crippen LogP) is 2.17. The molecule has 1 fully saturated rings. The highest BCUT2D eigenvalue weighted by molar-refractivity contribution is 6.73. The molecular weight excluding hydrogens is 322 g/mol. The molecule has 1 aliphatic heterocycles. The Labute approximate surface area is 146 Å². The van der Waals surface area contributed by atoms with Crippen LogP contribution in [0.1, 0.15) is 12.8 Å². The van der Waals surface area contributed by atoms with E-state index in [1.165, 1.54) is 19.5 Å². The summed E-state index contributed by atoms with van der Waals surface area (Å²) in [6.07, 6.45) is 2.29. The molecule has 1 rings (SSSR count). The summed E-state index contributed by atoms with van der Waals surface area (Å²) in [5.74, 6) is 0. The second-order valence-corrected chi connectivity index (χ2v) is 16.4. The van der Waals surface area contributed by atoms with Crippen LogP contribution in [0.3, 0.4) is 0 Å². The van der Waals surface area contributed by atoms with Crippen molar-refractivity contribution in [1.29, 1.82) is 0 Å². The summed E-state index contributed by atoms with van der Waals surface area (Å²) in [5, 5.41) is 3.39. The molecule has 0 spiro atoms. The van der Waals surface area contributed by atoms with Crippen molar-refractivity contribution in [2.75, 3.05) is 60.0 Å². The minimum atomic E-state index is -1.98. The Morgan fingerprint density at radius 1 is 1.09 bits per heavy atom. The van der Waals surface area contributed by atoms with Gasteiger partial charge in [-0.2, -0.15) is 0 Å². The van der Waals surface area contributed by atoms with E-state index in [1.54, 1.807) is 0 Å². The molecule has 0 amide bonds. The lowest BCUT2D eigenvalue weighted by Crippen LogP contribution is -2.45. The molecule has 1 aliphatic rings.